The summed E-state index contributed by atoms with van der Waals surface area (Å²) in [5.41, 5.74) is -0.539. The van der Waals surface area contributed by atoms with E-state index in [1.807, 2.05) is 6.26 Å². The number of para-hydroxylation sites is 1. The summed E-state index contributed by atoms with van der Waals surface area (Å²) in [6.45, 7) is 1.04. The molecule has 0 aliphatic rings. The molecule has 3 N–H and O–H groups in total. The van der Waals surface area contributed by atoms with Crippen LogP contribution in [0.3, 0.4) is 0 Å². The standard InChI is InChI=1S/C21H31N4O7PS/c1-16(25-12-9-20(22-2)24-21(25)28)31-19(18(27)10-14-34-3)15-30-33(29,23-11-13-26)32-17-7-5-4-6-8-17/h4-9,12-13,16,18-19,27H,10-11,14-15H2,1-3H3,(H,23,29)(H,22,24,28)/t16?,18-,19?,33?/m0/s1. The van der Waals surface area contributed by atoms with E-state index in [-0.39, 0.29) is 18.9 Å². The highest BCUT2D eigenvalue weighted by Crippen LogP contribution is 2.44. The molecule has 0 aliphatic carbocycles. The summed E-state index contributed by atoms with van der Waals surface area (Å²) < 4.78 is 31.5. The van der Waals surface area contributed by atoms with Gasteiger partial charge >= 0.3 is 13.4 Å². The largest absolute Gasteiger partial charge is 0.459 e. The second kappa shape index (κ2) is 14.2. The van der Waals surface area contributed by atoms with Crippen LogP contribution in [0.2, 0.25) is 0 Å². The Bertz CT molecular complexity index is 995. The van der Waals surface area contributed by atoms with E-state index in [0.717, 1.165) is 0 Å². The van der Waals surface area contributed by atoms with Crippen molar-refractivity contribution in [2.45, 2.75) is 31.8 Å². The van der Waals surface area contributed by atoms with Gasteiger partial charge in [-0.05, 0) is 43.6 Å². The van der Waals surface area contributed by atoms with Gasteiger partial charge in [0, 0.05) is 13.2 Å². The van der Waals surface area contributed by atoms with Gasteiger partial charge in [-0.3, -0.25) is 9.09 Å². The Labute approximate surface area is 202 Å². The number of benzene rings is 1. The fourth-order valence-corrected chi connectivity index (χ4v) is 4.58. The monoisotopic (exact) mass is 514 g/mol. The van der Waals surface area contributed by atoms with Crippen molar-refractivity contribution in [2.24, 2.45) is 0 Å². The van der Waals surface area contributed by atoms with Crippen molar-refractivity contribution in [3.05, 3.63) is 53.1 Å². The molecule has 0 radical (unpaired) electrons. The third-order valence-corrected chi connectivity index (χ3v) is 6.80. The number of aliphatic hydroxyl groups excluding tert-OH is 1. The lowest BCUT2D eigenvalue weighted by atomic mass is 10.1. The molecule has 1 aromatic carbocycles. The molecule has 13 heteroatoms. The van der Waals surface area contributed by atoms with Crippen LogP contribution in [-0.4, -0.2) is 65.4 Å². The number of anilines is 1. The number of nitrogens with zero attached hydrogens (tertiary/aromatic N) is 2. The zero-order valence-electron chi connectivity index (χ0n) is 19.3. The minimum atomic E-state index is -3.98. The smallest absolute Gasteiger partial charge is 0.413 e. The number of aliphatic hydroxyl groups is 1. The molecule has 3 unspecified atom stereocenters. The van der Waals surface area contributed by atoms with E-state index in [1.54, 1.807) is 62.1 Å². The molecule has 1 heterocycles. The number of carbonyl (C=O) groups excluding carboxylic acids is 1. The van der Waals surface area contributed by atoms with Gasteiger partial charge in [-0.25, -0.2) is 14.4 Å². The van der Waals surface area contributed by atoms with Crippen molar-refractivity contribution in [3.8, 4) is 5.75 Å². The van der Waals surface area contributed by atoms with E-state index in [2.05, 4.69) is 15.4 Å². The summed E-state index contributed by atoms with van der Waals surface area (Å²) in [5, 5.41) is 16.0. The molecule has 0 fully saturated rings. The van der Waals surface area contributed by atoms with Crippen molar-refractivity contribution in [1.29, 1.82) is 0 Å². The van der Waals surface area contributed by atoms with Crippen LogP contribution in [0.4, 0.5) is 5.82 Å². The van der Waals surface area contributed by atoms with Crippen LogP contribution in [-0.2, 0) is 18.6 Å². The van der Waals surface area contributed by atoms with Crippen LogP contribution >= 0.6 is 19.5 Å². The van der Waals surface area contributed by atoms with E-state index < -0.39 is 31.9 Å². The van der Waals surface area contributed by atoms with Crippen LogP contribution < -0.4 is 20.6 Å². The molecule has 34 heavy (non-hydrogen) atoms. The molecule has 0 aliphatic heterocycles. The maximum Gasteiger partial charge on any atom is 0.459 e. The highest BCUT2D eigenvalue weighted by molar-refractivity contribution is 7.98. The van der Waals surface area contributed by atoms with Crippen LogP contribution in [0, 0.1) is 0 Å². The van der Waals surface area contributed by atoms with Crippen molar-refractivity contribution in [1.82, 2.24) is 14.6 Å². The Hall–Kier alpha value is -2.21. The summed E-state index contributed by atoms with van der Waals surface area (Å²) in [5.74, 6) is 1.34. The Balaban J connectivity index is 2.18. The Morgan fingerprint density at radius 2 is 2.03 bits per heavy atom. The molecule has 2 rings (SSSR count). The number of rotatable bonds is 16. The highest BCUT2D eigenvalue weighted by atomic mass is 32.2. The molecule has 0 spiro atoms. The van der Waals surface area contributed by atoms with Crippen molar-refractivity contribution >= 4 is 31.6 Å². The molecule has 1 aromatic heterocycles. The average molecular weight is 515 g/mol. The molecule has 4 atom stereocenters. The predicted molar refractivity (Wildman–Crippen MR) is 131 cm³/mol. The molecule has 188 valence electrons. The van der Waals surface area contributed by atoms with Crippen LogP contribution in [0.5, 0.6) is 5.75 Å². The van der Waals surface area contributed by atoms with Crippen molar-refractivity contribution < 1.29 is 28.3 Å². The molecule has 0 saturated heterocycles. The van der Waals surface area contributed by atoms with Gasteiger partial charge in [-0.1, -0.05) is 18.2 Å². The Morgan fingerprint density at radius 3 is 2.65 bits per heavy atom. The van der Waals surface area contributed by atoms with Crippen molar-refractivity contribution in [2.75, 3.05) is 37.5 Å². The van der Waals surface area contributed by atoms with Crippen LogP contribution in [0.15, 0.2) is 47.4 Å². The minimum Gasteiger partial charge on any atom is -0.413 e. The summed E-state index contributed by atoms with van der Waals surface area (Å²) in [6, 6.07) is 9.97. The summed E-state index contributed by atoms with van der Waals surface area (Å²) in [6.07, 6.45) is 1.59. The summed E-state index contributed by atoms with van der Waals surface area (Å²) in [7, 11) is -2.33. The van der Waals surface area contributed by atoms with Gasteiger partial charge < -0.3 is 24.5 Å². The quantitative estimate of drug-likeness (QED) is 0.224. The number of aromatic nitrogens is 2. The van der Waals surface area contributed by atoms with E-state index in [0.29, 0.717) is 24.3 Å². The molecular weight excluding hydrogens is 483 g/mol. The third kappa shape index (κ3) is 8.86. The average Bonchev–Trinajstić information content (AvgIpc) is 2.84. The molecule has 0 amide bonds. The first kappa shape index (κ1) is 28.0. The zero-order chi connectivity index (χ0) is 25.0. The van der Waals surface area contributed by atoms with E-state index >= 15 is 0 Å². The molecule has 0 bridgehead atoms. The number of nitrogens with one attached hydrogen (secondary N) is 2. The number of hydrogen-bond donors (Lipinski definition) is 3. The number of hydrogen-bond acceptors (Lipinski definition) is 10. The number of aldehydes is 1. The first-order valence-corrected chi connectivity index (χ1v) is 13.5. The maximum absolute atomic E-state index is 13.2. The molecule has 0 saturated carbocycles. The maximum atomic E-state index is 13.2. The van der Waals surface area contributed by atoms with Gasteiger partial charge in [0.2, 0.25) is 0 Å². The van der Waals surface area contributed by atoms with Gasteiger partial charge in [-0.2, -0.15) is 16.7 Å². The van der Waals surface area contributed by atoms with Crippen LogP contribution in [0.1, 0.15) is 19.6 Å². The first-order valence-electron chi connectivity index (χ1n) is 10.6. The highest BCUT2D eigenvalue weighted by Gasteiger charge is 2.31. The summed E-state index contributed by atoms with van der Waals surface area (Å²) in [4.78, 5) is 27.1. The number of carbonyl (C=O) groups is 1. The van der Waals surface area contributed by atoms with Gasteiger partial charge in [0.05, 0.1) is 19.3 Å². The molecule has 11 nitrogen and oxygen atoms in total. The lowest BCUT2D eigenvalue weighted by Gasteiger charge is -2.28. The summed E-state index contributed by atoms with van der Waals surface area (Å²) >= 11 is 1.55. The SMILES string of the molecule is CNc1ccn(C(C)OC(COP(=O)(NCC=O)Oc2ccccc2)[C@@H](O)CCSC)c(=O)n1. The predicted octanol–water partition coefficient (Wildman–Crippen LogP) is 2.29. The minimum absolute atomic E-state index is 0.264. The zero-order valence-corrected chi connectivity index (χ0v) is 21.0. The second-order valence-corrected chi connectivity index (χ2v) is 9.84. The molecular formula is C21H31N4O7PS. The van der Waals surface area contributed by atoms with Gasteiger partial charge in [-0.15, -0.1) is 0 Å². The lowest BCUT2D eigenvalue weighted by molar-refractivity contribution is -0.115. The fraction of sp³-hybridized carbons (Fsp3) is 0.476. The normalized spacial score (nSPS) is 15.6. The number of ether oxygens (including phenoxy) is 1. The van der Waals surface area contributed by atoms with E-state index in [1.165, 1.54) is 10.8 Å². The Morgan fingerprint density at radius 1 is 1.29 bits per heavy atom. The van der Waals surface area contributed by atoms with Gasteiger partial charge in [0.1, 0.15) is 30.2 Å². The van der Waals surface area contributed by atoms with E-state index in [9.17, 15) is 19.3 Å². The fourth-order valence-electron chi connectivity index (χ4n) is 2.86. The van der Waals surface area contributed by atoms with Gasteiger partial charge in [0.25, 0.3) is 0 Å². The van der Waals surface area contributed by atoms with Crippen molar-refractivity contribution in [3.63, 3.8) is 0 Å². The number of thioether (sulfide) groups is 1. The van der Waals surface area contributed by atoms with E-state index in [4.69, 9.17) is 13.8 Å². The topological polar surface area (TPSA) is 141 Å². The third-order valence-electron chi connectivity index (χ3n) is 4.64. The van der Waals surface area contributed by atoms with Crippen LogP contribution in [0.25, 0.3) is 0 Å². The van der Waals surface area contributed by atoms with Gasteiger partial charge in [0.15, 0.2) is 0 Å². The molecule has 2 aromatic rings. The first-order chi connectivity index (χ1) is 16.3. The Kier molecular flexibility index (Phi) is 11.7. The lowest BCUT2D eigenvalue weighted by Crippen LogP contribution is -2.38. The second-order valence-electron chi connectivity index (χ2n) is 7.10.